The second-order valence-electron chi connectivity index (χ2n) is 6.24. The monoisotopic (exact) mass is 413 g/mol. The number of hydrogen-bond donors (Lipinski definition) is 3. The average molecular weight is 413 g/mol. The van der Waals surface area contributed by atoms with Crippen molar-refractivity contribution in [2.45, 2.75) is 46.3 Å². The van der Waals surface area contributed by atoms with Gasteiger partial charge in [0.25, 0.3) is 10.1 Å². The van der Waals surface area contributed by atoms with Crippen LogP contribution in [-0.4, -0.2) is 74.4 Å². The maximum atomic E-state index is 12.2. The average Bonchev–Trinajstić information content (AvgIpc) is 2.54. The molecule has 0 aliphatic heterocycles. The number of carbonyl (C=O) groups excluding carboxylic acids is 2. The molecule has 12 heteroatoms. The van der Waals surface area contributed by atoms with E-state index in [4.69, 9.17) is 14.0 Å². The Morgan fingerprint density at radius 1 is 1.19 bits per heavy atom. The van der Waals surface area contributed by atoms with Crippen LogP contribution in [0.25, 0.3) is 0 Å². The van der Waals surface area contributed by atoms with Gasteiger partial charge in [-0.15, -0.1) is 0 Å². The number of aliphatic hydroxyl groups is 1. The Kier molecular flexibility index (Phi) is 10.3. The van der Waals surface area contributed by atoms with Gasteiger partial charge in [0.1, 0.15) is 12.7 Å². The number of carboxylic acid groups (broad SMARTS) is 1. The Labute approximate surface area is 158 Å². The fourth-order valence-electron chi connectivity index (χ4n) is 1.90. The van der Waals surface area contributed by atoms with Crippen molar-refractivity contribution in [2.24, 2.45) is 5.41 Å². The summed E-state index contributed by atoms with van der Waals surface area (Å²) in [7, 11) is -4.17. The molecular formula is C15H27NO10S. The summed E-state index contributed by atoms with van der Waals surface area (Å²) in [6.45, 7) is 4.81. The highest BCUT2D eigenvalue weighted by molar-refractivity contribution is 7.86. The molecule has 27 heavy (non-hydrogen) atoms. The van der Waals surface area contributed by atoms with E-state index in [0.717, 1.165) is 0 Å². The summed E-state index contributed by atoms with van der Waals surface area (Å²) in [5.41, 5.74) is -1.62. The molecular weight excluding hydrogens is 386 g/mol. The van der Waals surface area contributed by atoms with Gasteiger partial charge in [0.2, 0.25) is 5.91 Å². The maximum absolute atomic E-state index is 12.2. The number of amides is 1. The molecule has 0 aromatic rings. The van der Waals surface area contributed by atoms with Gasteiger partial charge in [-0.2, -0.15) is 8.42 Å². The molecule has 0 bridgehead atoms. The van der Waals surface area contributed by atoms with Gasteiger partial charge in [-0.1, -0.05) is 13.8 Å². The third kappa shape index (κ3) is 9.54. The Morgan fingerprint density at radius 3 is 2.26 bits per heavy atom. The van der Waals surface area contributed by atoms with Crippen molar-refractivity contribution in [1.82, 2.24) is 5.32 Å². The minimum atomic E-state index is -4.17. The number of carbonyl (C=O) groups is 3. The van der Waals surface area contributed by atoms with Gasteiger partial charge in [0.05, 0.1) is 12.4 Å². The topological polar surface area (TPSA) is 166 Å². The third-order valence-corrected chi connectivity index (χ3v) is 4.91. The van der Waals surface area contributed by atoms with Crippen LogP contribution in [0.2, 0.25) is 0 Å². The number of aliphatic hydroxyl groups excluding tert-OH is 1. The minimum absolute atomic E-state index is 0.0208. The number of aliphatic carboxylic acids is 1. The van der Waals surface area contributed by atoms with Gasteiger partial charge < -0.3 is 25.0 Å². The predicted molar refractivity (Wildman–Crippen MR) is 92.4 cm³/mol. The van der Waals surface area contributed by atoms with E-state index in [1.165, 1.54) is 27.7 Å². The van der Waals surface area contributed by atoms with Crippen molar-refractivity contribution < 1.29 is 46.7 Å². The zero-order chi connectivity index (χ0) is 21.3. The van der Waals surface area contributed by atoms with Gasteiger partial charge in [0.15, 0.2) is 6.10 Å². The highest BCUT2D eigenvalue weighted by Gasteiger charge is 2.44. The number of rotatable bonds is 12. The van der Waals surface area contributed by atoms with Crippen LogP contribution in [0.4, 0.5) is 4.79 Å². The first-order valence-electron chi connectivity index (χ1n) is 8.19. The lowest BCUT2D eigenvalue weighted by molar-refractivity contribution is -0.159. The van der Waals surface area contributed by atoms with E-state index in [-0.39, 0.29) is 25.5 Å². The van der Waals surface area contributed by atoms with Crippen LogP contribution in [0, 0.1) is 5.41 Å². The van der Waals surface area contributed by atoms with Crippen LogP contribution in [0.3, 0.4) is 0 Å². The normalized spacial score (nSPS) is 14.1. The summed E-state index contributed by atoms with van der Waals surface area (Å²) in [6, 6.07) is 0. The van der Waals surface area contributed by atoms with Gasteiger partial charge in [0, 0.05) is 18.9 Å². The summed E-state index contributed by atoms with van der Waals surface area (Å²) in [6.07, 6.45) is -4.51. The van der Waals surface area contributed by atoms with Crippen LogP contribution >= 0.6 is 0 Å². The predicted octanol–water partition coefficient (Wildman–Crippen LogP) is -0.128. The summed E-state index contributed by atoms with van der Waals surface area (Å²) in [5.74, 6) is -2.38. The third-order valence-electron chi connectivity index (χ3n) is 3.59. The molecule has 0 aliphatic carbocycles. The number of hydrogen-bond acceptors (Lipinski definition) is 9. The maximum Gasteiger partial charge on any atom is 0.508 e. The van der Waals surface area contributed by atoms with Crippen molar-refractivity contribution in [3.63, 3.8) is 0 Å². The molecule has 1 amide bonds. The first kappa shape index (κ1) is 25.1. The Balaban J connectivity index is 5.19. The Morgan fingerprint density at radius 2 is 1.78 bits per heavy atom. The molecule has 0 heterocycles. The van der Waals surface area contributed by atoms with E-state index in [9.17, 15) is 27.9 Å². The van der Waals surface area contributed by atoms with Crippen molar-refractivity contribution in [2.75, 3.05) is 25.5 Å². The van der Waals surface area contributed by atoms with Crippen molar-refractivity contribution in [1.29, 1.82) is 0 Å². The fourth-order valence-corrected chi connectivity index (χ4v) is 3.15. The molecule has 158 valence electrons. The van der Waals surface area contributed by atoms with E-state index < -0.39 is 52.2 Å². The smallest absolute Gasteiger partial charge is 0.479 e. The molecule has 2 atom stereocenters. The van der Waals surface area contributed by atoms with Crippen LogP contribution in [-0.2, 0) is 33.4 Å². The van der Waals surface area contributed by atoms with Crippen LogP contribution < -0.4 is 5.32 Å². The minimum Gasteiger partial charge on any atom is -0.479 e. The lowest BCUT2D eigenvalue weighted by atomic mass is 9.81. The van der Waals surface area contributed by atoms with E-state index in [1.807, 2.05) is 0 Å². The Bertz CT molecular complexity index is 616. The molecule has 0 aromatic heterocycles. The van der Waals surface area contributed by atoms with Crippen LogP contribution in [0.5, 0.6) is 0 Å². The second kappa shape index (κ2) is 11.0. The van der Waals surface area contributed by atoms with E-state index in [2.05, 4.69) is 10.1 Å². The lowest BCUT2D eigenvalue weighted by Gasteiger charge is -2.34. The quantitative estimate of drug-likeness (QED) is 0.223. The van der Waals surface area contributed by atoms with E-state index in [0.29, 0.717) is 0 Å². The molecule has 0 spiro atoms. The molecule has 0 aliphatic rings. The fraction of sp³-hybridized carbons (Fsp3) is 0.800. The highest BCUT2D eigenvalue weighted by Crippen LogP contribution is 2.30. The molecule has 0 aromatic carbocycles. The number of carboxylic acids is 1. The van der Waals surface area contributed by atoms with Gasteiger partial charge in [-0.3, -0.25) is 8.98 Å². The molecule has 3 N–H and O–H groups in total. The molecule has 0 radical (unpaired) electrons. The molecule has 11 nitrogen and oxygen atoms in total. The highest BCUT2D eigenvalue weighted by atomic mass is 32.2. The molecule has 1 unspecified atom stereocenters. The summed E-state index contributed by atoms with van der Waals surface area (Å²) < 4.78 is 38.6. The molecule has 0 saturated carbocycles. The second-order valence-corrected chi connectivity index (χ2v) is 7.96. The van der Waals surface area contributed by atoms with Crippen LogP contribution in [0.1, 0.15) is 34.1 Å². The Hall–Kier alpha value is -1.92. The van der Waals surface area contributed by atoms with Crippen molar-refractivity contribution >= 4 is 28.1 Å². The summed E-state index contributed by atoms with van der Waals surface area (Å²) in [5, 5.41) is 21.3. The zero-order valence-electron chi connectivity index (χ0n) is 15.8. The zero-order valence-corrected chi connectivity index (χ0v) is 16.6. The van der Waals surface area contributed by atoms with Crippen LogP contribution in [0.15, 0.2) is 0 Å². The largest absolute Gasteiger partial charge is 0.508 e. The molecule has 0 fully saturated rings. The summed E-state index contributed by atoms with van der Waals surface area (Å²) in [4.78, 5) is 33.2. The van der Waals surface area contributed by atoms with Gasteiger partial charge >= 0.3 is 12.1 Å². The van der Waals surface area contributed by atoms with E-state index in [1.54, 1.807) is 0 Å². The lowest BCUT2D eigenvalue weighted by Crippen LogP contribution is -2.49. The van der Waals surface area contributed by atoms with Gasteiger partial charge in [-0.05, 0) is 13.3 Å². The number of nitrogens with one attached hydrogen (secondary N) is 1. The first-order valence-corrected chi connectivity index (χ1v) is 9.77. The summed E-state index contributed by atoms with van der Waals surface area (Å²) >= 11 is 0. The molecule has 0 saturated heterocycles. The standard InChI is InChI=1S/C15H27NO10S/c1-5-24-14(21)25-9-11(15(3,4)12(18)13(19)20)26-27(22,23)8-6-7-16-10(2)17/h11-12,18H,5-9H2,1-4H3,(H,16,17)(H,19,20)/t11?,12-/m0/s1. The van der Waals surface area contributed by atoms with Crippen molar-refractivity contribution in [3.05, 3.63) is 0 Å². The van der Waals surface area contributed by atoms with Crippen molar-refractivity contribution in [3.8, 4) is 0 Å². The molecule has 0 rings (SSSR count). The van der Waals surface area contributed by atoms with E-state index >= 15 is 0 Å². The van der Waals surface area contributed by atoms with Gasteiger partial charge in [-0.25, -0.2) is 9.59 Å². The number of ether oxygens (including phenoxy) is 2. The SMILES string of the molecule is CCOC(=O)OCC(OS(=O)(=O)CCCNC(C)=O)C(C)(C)[C@@H](O)C(=O)O. The first-order chi connectivity index (χ1) is 12.3.